The van der Waals surface area contributed by atoms with Crippen LogP contribution in [0.5, 0.6) is 0 Å². The van der Waals surface area contributed by atoms with Crippen molar-refractivity contribution in [3.63, 3.8) is 0 Å². The van der Waals surface area contributed by atoms with Gasteiger partial charge >= 0.3 is 7.60 Å². The van der Waals surface area contributed by atoms with Gasteiger partial charge in [-0.2, -0.15) is 0 Å². The highest BCUT2D eigenvalue weighted by molar-refractivity contribution is 7.53. The summed E-state index contributed by atoms with van der Waals surface area (Å²) >= 11 is 0. The Hall–Kier alpha value is -0.0100. The fourth-order valence-corrected chi connectivity index (χ4v) is 3.41. The van der Waals surface area contributed by atoms with Gasteiger partial charge in [-0.25, -0.2) is 0 Å². The van der Waals surface area contributed by atoms with E-state index in [1.165, 1.54) is 0 Å². The Morgan fingerprint density at radius 2 is 1.68 bits per heavy atom. The van der Waals surface area contributed by atoms with E-state index in [-0.39, 0.29) is 31.6 Å². The highest BCUT2D eigenvalue weighted by atomic mass is 31.2. The van der Waals surface area contributed by atoms with Crippen molar-refractivity contribution in [2.45, 2.75) is 52.4 Å². The second kappa shape index (κ2) is 12.4. The summed E-state index contributed by atoms with van der Waals surface area (Å²) in [7, 11) is -3.06. The lowest BCUT2D eigenvalue weighted by Gasteiger charge is -2.21. The van der Waals surface area contributed by atoms with Gasteiger partial charge in [0.05, 0.1) is 57.5 Å². The molecule has 0 aromatic carbocycles. The van der Waals surface area contributed by atoms with E-state index in [0.717, 1.165) is 0 Å². The van der Waals surface area contributed by atoms with Crippen LogP contribution in [-0.2, 0) is 23.1 Å². The van der Waals surface area contributed by atoms with Gasteiger partial charge in [0.25, 0.3) is 0 Å². The van der Waals surface area contributed by atoms with E-state index in [9.17, 15) is 9.67 Å². The van der Waals surface area contributed by atoms with Crippen molar-refractivity contribution in [2.75, 3.05) is 39.2 Å². The second-order valence-electron chi connectivity index (χ2n) is 5.07. The quantitative estimate of drug-likeness (QED) is 0.367. The fourth-order valence-electron chi connectivity index (χ4n) is 1.93. The monoisotopic (exact) mass is 342 g/mol. The summed E-state index contributed by atoms with van der Waals surface area (Å²) < 4.78 is 33.6. The second-order valence-corrected chi connectivity index (χ2v) is 7.26. The largest absolute Gasteiger partial charge is 0.394 e. The zero-order valence-electron chi connectivity index (χ0n) is 14.1. The lowest BCUT2D eigenvalue weighted by atomic mass is 10.2. The van der Waals surface area contributed by atoms with Gasteiger partial charge < -0.3 is 28.7 Å². The molecule has 2 N–H and O–H groups in total. The molecule has 0 bridgehead atoms. The van der Waals surface area contributed by atoms with Crippen LogP contribution in [0.4, 0.5) is 0 Å². The minimum Gasteiger partial charge on any atom is -0.394 e. The van der Waals surface area contributed by atoms with Gasteiger partial charge in [-0.05, 0) is 27.7 Å². The van der Waals surface area contributed by atoms with Crippen LogP contribution in [0.15, 0.2) is 0 Å². The molecule has 0 aromatic rings. The number of aliphatic hydroxyl groups is 2. The van der Waals surface area contributed by atoms with Crippen molar-refractivity contribution in [2.24, 2.45) is 0 Å². The first-order valence-corrected chi connectivity index (χ1v) is 9.49. The molecule has 8 heteroatoms. The number of hydrogen-bond donors (Lipinski definition) is 2. The van der Waals surface area contributed by atoms with Crippen LogP contribution in [0.25, 0.3) is 0 Å². The predicted octanol–water partition coefficient (Wildman–Crippen LogP) is 1.81. The Morgan fingerprint density at radius 1 is 1.09 bits per heavy atom. The molecule has 0 aliphatic heterocycles. The molecule has 0 heterocycles. The summed E-state index contributed by atoms with van der Waals surface area (Å²) in [6, 6.07) is 0. The molecule has 0 rings (SSSR count). The summed E-state index contributed by atoms with van der Waals surface area (Å²) in [6.07, 6.45) is -0.546. The zero-order valence-corrected chi connectivity index (χ0v) is 15.0. The van der Waals surface area contributed by atoms with Crippen LogP contribution in [0.1, 0.15) is 34.1 Å². The smallest absolute Gasteiger partial charge is 0.332 e. The van der Waals surface area contributed by atoms with Crippen LogP contribution < -0.4 is 0 Å². The van der Waals surface area contributed by atoms with Crippen molar-refractivity contribution >= 4 is 7.60 Å². The van der Waals surface area contributed by atoms with E-state index in [1.54, 1.807) is 13.8 Å². The van der Waals surface area contributed by atoms with Gasteiger partial charge in [-0.15, -0.1) is 0 Å². The molecule has 0 amide bonds. The van der Waals surface area contributed by atoms with Gasteiger partial charge in [-0.1, -0.05) is 0 Å². The Morgan fingerprint density at radius 3 is 2.18 bits per heavy atom. The van der Waals surface area contributed by atoms with E-state index in [4.69, 9.17) is 23.6 Å². The normalized spacial score (nSPS) is 16.5. The van der Waals surface area contributed by atoms with Crippen molar-refractivity contribution in [1.29, 1.82) is 0 Å². The predicted molar refractivity (Wildman–Crippen MR) is 84.3 cm³/mol. The molecule has 3 atom stereocenters. The topological polar surface area (TPSA) is 94.5 Å². The highest BCUT2D eigenvalue weighted by Gasteiger charge is 2.23. The minimum absolute atomic E-state index is 0.167. The summed E-state index contributed by atoms with van der Waals surface area (Å²) in [6.45, 7) is 8.22. The standard InChI is InChI=1S/C14H31O7P/c1-5-19-22(17,20-6-2)8-7-18-11-13(4)21-12(3)9-14(16)10-15/h12-16H,5-11H2,1-4H3. The zero-order chi connectivity index (χ0) is 17.0. The van der Waals surface area contributed by atoms with Crippen LogP contribution in [0, 0.1) is 0 Å². The first-order valence-electron chi connectivity index (χ1n) is 7.77. The Labute approximate surface area is 133 Å². The van der Waals surface area contributed by atoms with Crippen molar-refractivity contribution in [3.05, 3.63) is 0 Å². The Balaban J connectivity index is 3.91. The van der Waals surface area contributed by atoms with Crippen LogP contribution in [0.3, 0.4) is 0 Å². The molecule has 22 heavy (non-hydrogen) atoms. The summed E-state index contributed by atoms with van der Waals surface area (Å²) in [5.41, 5.74) is 0. The average Bonchev–Trinajstić information content (AvgIpc) is 2.44. The van der Waals surface area contributed by atoms with Gasteiger partial charge in [0, 0.05) is 6.42 Å². The molecular formula is C14H31O7P. The number of ether oxygens (including phenoxy) is 2. The molecule has 0 aromatic heterocycles. The first kappa shape index (κ1) is 22.0. The van der Waals surface area contributed by atoms with Crippen molar-refractivity contribution < 1.29 is 33.3 Å². The number of rotatable bonds is 14. The number of hydrogen-bond acceptors (Lipinski definition) is 7. The Bertz CT molecular complexity index is 304. The van der Waals surface area contributed by atoms with Crippen LogP contribution in [-0.4, -0.2) is 67.7 Å². The minimum atomic E-state index is -3.06. The third kappa shape index (κ3) is 10.7. The molecule has 0 saturated carbocycles. The molecule has 0 spiro atoms. The lowest BCUT2D eigenvalue weighted by Crippen LogP contribution is -2.27. The maximum absolute atomic E-state index is 12.2. The van der Waals surface area contributed by atoms with Gasteiger partial charge in [-0.3, -0.25) is 4.57 Å². The highest BCUT2D eigenvalue weighted by Crippen LogP contribution is 2.47. The van der Waals surface area contributed by atoms with Crippen molar-refractivity contribution in [1.82, 2.24) is 0 Å². The summed E-state index contributed by atoms with van der Waals surface area (Å²) in [5, 5.41) is 18.1. The molecule has 0 saturated heterocycles. The number of aliphatic hydroxyl groups excluding tert-OH is 2. The third-order valence-electron chi connectivity index (χ3n) is 2.79. The summed E-state index contributed by atoms with van der Waals surface area (Å²) in [5.74, 6) is 0. The maximum atomic E-state index is 12.2. The lowest BCUT2D eigenvalue weighted by molar-refractivity contribution is -0.0591. The van der Waals surface area contributed by atoms with E-state index >= 15 is 0 Å². The van der Waals surface area contributed by atoms with E-state index < -0.39 is 13.7 Å². The molecule has 134 valence electrons. The van der Waals surface area contributed by atoms with Gasteiger partial charge in [0.15, 0.2) is 0 Å². The van der Waals surface area contributed by atoms with Crippen molar-refractivity contribution in [3.8, 4) is 0 Å². The average molecular weight is 342 g/mol. The molecule has 3 unspecified atom stereocenters. The van der Waals surface area contributed by atoms with E-state index in [2.05, 4.69) is 0 Å². The molecule has 0 aliphatic carbocycles. The maximum Gasteiger partial charge on any atom is 0.332 e. The van der Waals surface area contributed by atoms with Gasteiger partial charge in [0.2, 0.25) is 0 Å². The van der Waals surface area contributed by atoms with Gasteiger partial charge in [0.1, 0.15) is 0 Å². The summed E-state index contributed by atoms with van der Waals surface area (Å²) in [4.78, 5) is 0. The van der Waals surface area contributed by atoms with Crippen LogP contribution in [0.2, 0.25) is 0 Å². The molecule has 0 aliphatic rings. The molecular weight excluding hydrogens is 311 g/mol. The SMILES string of the molecule is CCOP(=O)(CCOCC(C)OC(C)CC(O)CO)OCC. The van der Waals surface area contributed by atoms with E-state index in [0.29, 0.717) is 26.2 Å². The first-order chi connectivity index (χ1) is 10.4. The fraction of sp³-hybridized carbons (Fsp3) is 1.00. The van der Waals surface area contributed by atoms with E-state index in [1.807, 2.05) is 13.8 Å². The van der Waals surface area contributed by atoms with Crippen LogP contribution >= 0.6 is 7.60 Å². The molecule has 7 nitrogen and oxygen atoms in total. The molecule has 0 fully saturated rings. The Kier molecular flexibility index (Phi) is 12.4. The third-order valence-corrected chi connectivity index (χ3v) is 4.83. The molecule has 0 radical (unpaired) electrons.